The van der Waals surface area contributed by atoms with E-state index in [4.69, 9.17) is 14.2 Å². The molecule has 6 nitrogen and oxygen atoms in total. The van der Waals surface area contributed by atoms with Crippen molar-refractivity contribution in [1.82, 2.24) is 9.97 Å². The van der Waals surface area contributed by atoms with Crippen molar-refractivity contribution in [2.45, 2.75) is 6.10 Å². The fourth-order valence-electron chi connectivity index (χ4n) is 2.57. The van der Waals surface area contributed by atoms with E-state index in [9.17, 15) is 4.39 Å². The third-order valence-corrected chi connectivity index (χ3v) is 4.43. The van der Waals surface area contributed by atoms with Gasteiger partial charge in [0.1, 0.15) is 36.1 Å². The Labute approximate surface area is 157 Å². The van der Waals surface area contributed by atoms with E-state index < -0.39 is 5.82 Å². The smallest absolute Gasteiger partial charge is 0.187 e. The van der Waals surface area contributed by atoms with Gasteiger partial charge in [0, 0.05) is 16.1 Å². The number of hydrogen-bond donors (Lipinski definition) is 1. The zero-order valence-corrected chi connectivity index (χ0v) is 15.4. The Kier molecular flexibility index (Phi) is 4.60. The van der Waals surface area contributed by atoms with Crippen LogP contribution in [0.15, 0.2) is 41.3 Å². The number of benzene rings is 2. The normalized spacial score (nSPS) is 15.7. The first-order valence-electron chi connectivity index (χ1n) is 7.93. The summed E-state index contributed by atoms with van der Waals surface area (Å²) in [5, 5.41) is 3.85. The van der Waals surface area contributed by atoms with Gasteiger partial charge in [-0.25, -0.2) is 14.4 Å². The van der Waals surface area contributed by atoms with Gasteiger partial charge in [0.15, 0.2) is 11.5 Å². The van der Waals surface area contributed by atoms with Crippen molar-refractivity contribution in [3.8, 4) is 11.5 Å². The zero-order valence-electron chi connectivity index (χ0n) is 13.8. The van der Waals surface area contributed by atoms with Gasteiger partial charge in [-0.1, -0.05) is 15.9 Å². The number of halogens is 2. The molecule has 1 atom stereocenters. The van der Waals surface area contributed by atoms with Gasteiger partial charge in [-0.15, -0.1) is 0 Å². The van der Waals surface area contributed by atoms with Gasteiger partial charge in [-0.3, -0.25) is 0 Å². The number of epoxide rings is 1. The maximum atomic E-state index is 14.4. The fourth-order valence-corrected chi connectivity index (χ4v) is 2.90. The summed E-state index contributed by atoms with van der Waals surface area (Å²) in [5.74, 6) is 0.561. The zero-order chi connectivity index (χ0) is 18.1. The van der Waals surface area contributed by atoms with Crippen LogP contribution in [0.1, 0.15) is 0 Å². The van der Waals surface area contributed by atoms with E-state index in [1.807, 2.05) is 0 Å². The van der Waals surface area contributed by atoms with Crippen LogP contribution in [0.4, 0.5) is 15.8 Å². The molecular weight excluding hydrogens is 405 g/mol. The molecule has 2 aromatic carbocycles. The molecule has 1 unspecified atom stereocenters. The lowest BCUT2D eigenvalue weighted by Crippen LogP contribution is -2.08. The standard InChI is InChI=1S/C18H15BrFN3O3/c1-24-15-4-10-6-21-9-22-16(10)17(18(15)26-8-12-7-25-12)23-14-3-2-11(19)5-13(14)20/h2-6,9,12,23H,7-8H2,1H3. The molecule has 0 amide bonds. The summed E-state index contributed by atoms with van der Waals surface area (Å²) < 4.78 is 31.6. The Bertz CT molecular complexity index is 966. The quantitative estimate of drug-likeness (QED) is 0.607. The molecule has 1 fully saturated rings. The number of methoxy groups -OCH3 is 1. The Morgan fingerprint density at radius 2 is 2.23 bits per heavy atom. The molecule has 1 saturated heterocycles. The number of ether oxygens (including phenoxy) is 3. The van der Waals surface area contributed by atoms with Crippen molar-refractivity contribution in [3.05, 3.63) is 47.1 Å². The predicted octanol–water partition coefficient (Wildman–Crippen LogP) is 4.06. The summed E-state index contributed by atoms with van der Waals surface area (Å²) in [4.78, 5) is 8.38. The Hall–Kier alpha value is -2.45. The highest BCUT2D eigenvalue weighted by Crippen LogP contribution is 2.43. The van der Waals surface area contributed by atoms with Crippen LogP contribution >= 0.6 is 15.9 Å². The van der Waals surface area contributed by atoms with E-state index in [0.29, 0.717) is 46.1 Å². The van der Waals surface area contributed by atoms with Crippen molar-refractivity contribution in [2.75, 3.05) is 25.6 Å². The van der Waals surface area contributed by atoms with Crippen LogP contribution in [0.3, 0.4) is 0 Å². The largest absolute Gasteiger partial charge is 0.493 e. The number of fused-ring (bicyclic) bond motifs is 1. The summed E-state index contributed by atoms with van der Waals surface area (Å²) in [6.07, 6.45) is 3.17. The highest BCUT2D eigenvalue weighted by atomic mass is 79.9. The Morgan fingerprint density at radius 3 is 2.96 bits per heavy atom. The number of nitrogens with one attached hydrogen (secondary N) is 1. The highest BCUT2D eigenvalue weighted by molar-refractivity contribution is 9.10. The summed E-state index contributed by atoms with van der Waals surface area (Å²) in [6, 6.07) is 6.57. The summed E-state index contributed by atoms with van der Waals surface area (Å²) in [5.41, 5.74) is 1.42. The second-order valence-electron chi connectivity index (χ2n) is 5.76. The van der Waals surface area contributed by atoms with Gasteiger partial charge in [0.05, 0.1) is 19.4 Å². The second kappa shape index (κ2) is 7.05. The van der Waals surface area contributed by atoms with E-state index in [0.717, 1.165) is 5.39 Å². The molecule has 134 valence electrons. The van der Waals surface area contributed by atoms with Crippen LogP contribution in [0.2, 0.25) is 0 Å². The molecule has 1 N–H and O–H groups in total. The second-order valence-corrected chi connectivity index (χ2v) is 6.67. The molecule has 1 aliphatic heterocycles. The van der Waals surface area contributed by atoms with E-state index >= 15 is 0 Å². The molecule has 0 saturated carbocycles. The number of nitrogens with zero attached hydrogens (tertiary/aromatic N) is 2. The molecule has 4 rings (SSSR count). The number of hydrogen-bond acceptors (Lipinski definition) is 6. The highest BCUT2D eigenvalue weighted by Gasteiger charge is 2.26. The minimum Gasteiger partial charge on any atom is -0.493 e. The van der Waals surface area contributed by atoms with Crippen molar-refractivity contribution in [2.24, 2.45) is 0 Å². The van der Waals surface area contributed by atoms with E-state index in [1.54, 1.807) is 31.5 Å². The van der Waals surface area contributed by atoms with Crippen LogP contribution < -0.4 is 14.8 Å². The van der Waals surface area contributed by atoms with Gasteiger partial charge < -0.3 is 19.5 Å². The molecule has 1 aliphatic rings. The van der Waals surface area contributed by atoms with Crippen molar-refractivity contribution in [3.63, 3.8) is 0 Å². The maximum Gasteiger partial charge on any atom is 0.187 e. The third kappa shape index (κ3) is 3.42. The molecule has 3 aromatic rings. The van der Waals surface area contributed by atoms with E-state index in [2.05, 4.69) is 31.2 Å². The monoisotopic (exact) mass is 419 g/mol. The van der Waals surface area contributed by atoms with Gasteiger partial charge in [-0.05, 0) is 24.3 Å². The lowest BCUT2D eigenvalue weighted by molar-refractivity contribution is 0.253. The van der Waals surface area contributed by atoms with Crippen molar-refractivity contribution >= 4 is 38.2 Å². The first-order valence-corrected chi connectivity index (χ1v) is 8.72. The number of anilines is 2. The SMILES string of the molecule is COc1cc2cncnc2c(Nc2ccc(Br)cc2F)c1OCC1CO1. The minimum atomic E-state index is -0.402. The predicted molar refractivity (Wildman–Crippen MR) is 98.7 cm³/mol. The number of rotatable bonds is 6. The molecule has 1 aromatic heterocycles. The third-order valence-electron chi connectivity index (χ3n) is 3.94. The topological polar surface area (TPSA) is 68.8 Å². The first-order chi connectivity index (χ1) is 12.7. The molecule has 0 bridgehead atoms. The lowest BCUT2D eigenvalue weighted by Gasteiger charge is -2.18. The molecule has 26 heavy (non-hydrogen) atoms. The summed E-state index contributed by atoms with van der Waals surface area (Å²) >= 11 is 3.26. The molecule has 2 heterocycles. The molecular formula is C18H15BrFN3O3. The van der Waals surface area contributed by atoms with Crippen LogP contribution in [0.5, 0.6) is 11.5 Å². The minimum absolute atomic E-state index is 0.0677. The van der Waals surface area contributed by atoms with Crippen molar-refractivity contribution in [1.29, 1.82) is 0 Å². The molecule has 8 heteroatoms. The van der Waals surface area contributed by atoms with Gasteiger partial charge in [-0.2, -0.15) is 0 Å². The Balaban J connectivity index is 1.83. The summed E-state index contributed by atoms with van der Waals surface area (Å²) in [7, 11) is 1.55. The average Bonchev–Trinajstić information content (AvgIpc) is 3.46. The maximum absolute atomic E-state index is 14.4. The van der Waals surface area contributed by atoms with Crippen LogP contribution in [0, 0.1) is 5.82 Å². The molecule has 0 radical (unpaired) electrons. The van der Waals surface area contributed by atoms with Crippen LogP contribution in [0.25, 0.3) is 10.9 Å². The Morgan fingerprint density at radius 1 is 1.38 bits per heavy atom. The average molecular weight is 420 g/mol. The lowest BCUT2D eigenvalue weighted by atomic mass is 10.1. The van der Waals surface area contributed by atoms with Gasteiger partial charge in [0.25, 0.3) is 0 Å². The van der Waals surface area contributed by atoms with Crippen LogP contribution in [-0.2, 0) is 4.74 Å². The van der Waals surface area contributed by atoms with Gasteiger partial charge >= 0.3 is 0 Å². The molecule has 0 aliphatic carbocycles. The van der Waals surface area contributed by atoms with Gasteiger partial charge in [0.2, 0.25) is 0 Å². The van der Waals surface area contributed by atoms with Crippen molar-refractivity contribution < 1.29 is 18.6 Å². The molecule has 0 spiro atoms. The number of aromatic nitrogens is 2. The fraction of sp³-hybridized carbons (Fsp3) is 0.222. The van der Waals surface area contributed by atoms with E-state index in [1.165, 1.54) is 12.4 Å². The summed E-state index contributed by atoms with van der Waals surface area (Å²) in [6.45, 7) is 1.05. The van der Waals surface area contributed by atoms with Crippen LogP contribution in [-0.4, -0.2) is 36.4 Å². The van der Waals surface area contributed by atoms with E-state index in [-0.39, 0.29) is 6.10 Å². The first kappa shape index (κ1) is 17.0.